The van der Waals surface area contributed by atoms with Crippen LogP contribution in [0.2, 0.25) is 0 Å². The molecular weight excluding hydrogens is 678 g/mol. The van der Waals surface area contributed by atoms with Crippen LogP contribution in [0, 0.1) is 39.7 Å². The van der Waals surface area contributed by atoms with Crippen LogP contribution >= 0.6 is 0 Å². The Hall–Kier alpha value is -3.68. The van der Waals surface area contributed by atoms with Crippen molar-refractivity contribution in [2.75, 3.05) is 0 Å². The van der Waals surface area contributed by atoms with Crippen molar-refractivity contribution in [1.29, 1.82) is 0 Å². The summed E-state index contributed by atoms with van der Waals surface area (Å²) in [5.74, 6) is 1.64. The van der Waals surface area contributed by atoms with Gasteiger partial charge in [-0.25, -0.2) is 0 Å². The summed E-state index contributed by atoms with van der Waals surface area (Å²) in [4.78, 5) is 0. The van der Waals surface area contributed by atoms with Crippen molar-refractivity contribution >= 4 is 0 Å². The summed E-state index contributed by atoms with van der Waals surface area (Å²) in [6, 6.07) is 18.2. The number of alkyl halides is 2. The van der Waals surface area contributed by atoms with Gasteiger partial charge in [0.25, 0.3) is 0 Å². The molecule has 0 atom stereocenters. The van der Waals surface area contributed by atoms with Crippen molar-refractivity contribution in [1.82, 2.24) is 0 Å². The molecule has 0 amide bonds. The zero-order valence-corrected chi connectivity index (χ0v) is 23.1. The zero-order valence-electron chi connectivity index (χ0n) is 20.6. The summed E-state index contributed by atoms with van der Waals surface area (Å²) in [5, 5.41) is 0. The molecule has 0 heterocycles. The molecule has 0 bridgehead atoms. The van der Waals surface area contributed by atoms with Crippen LogP contribution < -0.4 is 4.74 Å². The van der Waals surface area contributed by atoms with Gasteiger partial charge in [0, 0.05) is 0 Å². The Kier molecular flexibility index (Phi) is 8.44. The first-order valence-corrected chi connectivity index (χ1v) is 11.9. The topological polar surface area (TPSA) is 9.23 Å². The molecule has 1 nitrogen and oxygen atoms in total. The van der Waals surface area contributed by atoms with E-state index in [1.165, 1.54) is 31.2 Å². The number of aryl methyl sites for hydroxylation is 3. The molecule has 1 saturated carbocycles. The predicted octanol–water partition coefficient (Wildman–Crippen LogP) is 9.45. The van der Waals surface area contributed by atoms with Gasteiger partial charge in [-0.3, -0.25) is 0 Å². The number of rotatable bonds is 5. The van der Waals surface area contributed by atoms with Gasteiger partial charge in [-0.1, -0.05) is 63.9 Å². The van der Waals surface area contributed by atoms with E-state index in [1.54, 1.807) is 31.2 Å². The molecule has 3 aromatic rings. The second-order valence-electron chi connectivity index (χ2n) is 9.83. The monoisotopic (exact) mass is 715 g/mol. The smallest absolute Gasteiger partial charge is 0.403 e. The van der Waals surface area contributed by atoms with Crippen LogP contribution in [0.15, 0.2) is 48.5 Å². The molecular formula is C31H37EsF2O-. The van der Waals surface area contributed by atoms with Gasteiger partial charge in [-0.15, -0.1) is 11.1 Å². The minimum Gasteiger partial charge on any atom is -0.430 e. The first-order valence-electron chi connectivity index (χ1n) is 11.9. The van der Waals surface area contributed by atoms with Crippen molar-refractivity contribution in [3.63, 3.8) is 0 Å². The molecule has 0 saturated heterocycles. The third-order valence-electron chi connectivity index (χ3n) is 7.31. The van der Waals surface area contributed by atoms with Crippen molar-refractivity contribution < 1.29 is 13.5 Å². The maximum atomic E-state index is 15.0. The van der Waals surface area contributed by atoms with Crippen LogP contribution in [-0.2, 0) is 6.11 Å². The van der Waals surface area contributed by atoms with Crippen LogP contribution in [0.5, 0.6) is 5.75 Å². The molecule has 0 N–H and O–H groups in total. The minimum absolute atomic E-state index is 0. The number of hydrogen-bond donors (Lipinski definition) is 0. The maximum absolute atomic E-state index is 15.0. The second kappa shape index (κ2) is 10.7. The van der Waals surface area contributed by atoms with Gasteiger partial charge in [-0.05, 0) is 85.4 Å². The molecule has 1 aliphatic carbocycles. The Bertz CT molecular complexity index is 1110. The summed E-state index contributed by atoms with van der Waals surface area (Å²) in [7, 11) is 0. The Morgan fingerprint density at radius 3 is 1.94 bits per heavy atom. The summed E-state index contributed by atoms with van der Waals surface area (Å²) < 4.78 is 35.2. The van der Waals surface area contributed by atoms with Gasteiger partial charge in [0.1, 0.15) is 5.75 Å². The quantitative estimate of drug-likeness (QED) is 0.239. The van der Waals surface area contributed by atoms with Crippen molar-refractivity contribution in [3.05, 3.63) is 88.0 Å². The Balaban J connectivity index is 0.00000216. The predicted molar refractivity (Wildman–Crippen MR) is 138 cm³/mol. The molecule has 1 aliphatic rings. The largest absolute Gasteiger partial charge is 0.430 e. The van der Waals surface area contributed by atoms with E-state index in [0.29, 0.717) is 11.5 Å². The van der Waals surface area contributed by atoms with Crippen LogP contribution in [0.1, 0.15) is 79.3 Å². The molecule has 3 aromatic carbocycles. The van der Waals surface area contributed by atoms with Crippen molar-refractivity contribution in [2.24, 2.45) is 5.92 Å². The van der Waals surface area contributed by atoms with E-state index in [9.17, 15) is 0 Å². The third kappa shape index (κ3) is 5.88. The number of hydrogen-bond acceptors (Lipinski definition) is 1. The molecule has 1 radical (unpaired) electrons. The molecule has 0 aliphatic heterocycles. The van der Waals surface area contributed by atoms with Crippen LogP contribution in [-0.4, -0.2) is 0 Å². The molecule has 193 valence electrons. The second-order valence-corrected chi connectivity index (χ2v) is 9.83. The SMILES string of the molecule is C.Cc1cc(-c2ccc(C3CCC(C)CC3)cc2)c[c-]c1C(F)(F)Oc1cc(C)c(C)c(C)c1.[Es]. The average molecular weight is 716 g/mol. The third-order valence-corrected chi connectivity index (χ3v) is 7.31. The first kappa shape index (κ1) is 27.6. The van der Waals surface area contributed by atoms with E-state index in [1.807, 2.05) is 20.8 Å². The van der Waals surface area contributed by atoms with E-state index < -0.39 is 6.11 Å². The van der Waals surface area contributed by atoms with Crippen LogP contribution in [0.25, 0.3) is 11.1 Å². The summed E-state index contributed by atoms with van der Waals surface area (Å²) >= 11 is 0. The number of benzene rings is 3. The van der Waals surface area contributed by atoms with E-state index in [2.05, 4.69) is 37.3 Å². The van der Waals surface area contributed by atoms with Gasteiger partial charge in [0.15, 0.2) is 0 Å². The summed E-state index contributed by atoms with van der Waals surface area (Å²) in [6.07, 6.45) is 1.62. The fraction of sp³-hybridized carbons (Fsp3) is 0.419. The van der Waals surface area contributed by atoms with Gasteiger partial charge in [0.2, 0.25) is 0 Å². The normalized spacial score (nSPS) is 17.8. The standard InChI is InChI=1S/C30H33F2O.CH4.Es/c1-19-6-8-24(9-7-19)25-10-12-26(13-11-25)27-14-15-29(22(4)16-27)30(31,32)33-28-17-20(2)23(5)21(3)18-28;;/h10-14,16-19,24H,6-9H2,1-5H3;1H4;/q-1;;. The zero-order chi connectivity index (χ0) is 23.8. The van der Waals surface area contributed by atoms with E-state index >= 15 is 8.78 Å². The number of ether oxygens (including phenoxy) is 1. The van der Waals surface area contributed by atoms with Crippen LogP contribution in [0.4, 0.5) is 8.78 Å². The van der Waals surface area contributed by atoms with E-state index in [-0.39, 0.29) is 18.7 Å². The van der Waals surface area contributed by atoms with Gasteiger partial charge in [-0.2, -0.15) is 27.0 Å². The average Bonchev–Trinajstić information content (AvgIpc) is 2.77. The van der Waals surface area contributed by atoms with Crippen LogP contribution in [0.3, 0.4) is 0 Å². The van der Waals surface area contributed by atoms with E-state index in [4.69, 9.17) is 4.74 Å². The summed E-state index contributed by atoms with van der Waals surface area (Å²) in [5.41, 5.74) is 6.47. The van der Waals surface area contributed by atoms with Gasteiger partial charge >= 0.3 is 6.11 Å². The Morgan fingerprint density at radius 1 is 0.829 bits per heavy atom. The van der Waals surface area contributed by atoms with Crippen molar-refractivity contribution in [3.8, 4) is 16.9 Å². The fourth-order valence-electron chi connectivity index (χ4n) is 4.89. The molecule has 0 aromatic heterocycles. The fourth-order valence-corrected chi connectivity index (χ4v) is 4.89. The Labute approximate surface area is 204 Å². The molecule has 0 spiro atoms. The van der Waals surface area contributed by atoms with E-state index in [0.717, 1.165) is 33.7 Å². The van der Waals surface area contributed by atoms with Gasteiger partial charge < -0.3 is 4.74 Å². The van der Waals surface area contributed by atoms with Gasteiger partial charge in [0.05, 0.1) is 0 Å². The first-order chi connectivity index (χ1) is 15.6. The number of halogens is 2. The molecule has 0 unspecified atom stereocenters. The molecule has 35 heavy (non-hydrogen) atoms. The molecule has 4 rings (SSSR count). The molecule has 4 heteroatoms. The molecule has 1 fully saturated rings. The van der Waals surface area contributed by atoms with Crippen molar-refractivity contribution in [2.45, 2.75) is 79.8 Å². The maximum Gasteiger partial charge on any atom is 0.403 e. The summed E-state index contributed by atoms with van der Waals surface area (Å²) in [6.45, 7) is 9.81. The minimum atomic E-state index is -3.46. The Morgan fingerprint density at radius 2 is 1.40 bits per heavy atom.